The Morgan fingerprint density at radius 2 is 2.12 bits per heavy atom. The minimum absolute atomic E-state index is 0.0102. The summed E-state index contributed by atoms with van der Waals surface area (Å²) in [4.78, 5) is 21.4. The lowest BCUT2D eigenvalue weighted by Gasteiger charge is -2.48. The van der Waals surface area contributed by atoms with Crippen LogP contribution in [0.4, 0.5) is 0 Å². The van der Waals surface area contributed by atoms with Gasteiger partial charge in [0.15, 0.2) is 0 Å². The Bertz CT molecular complexity index is 722. The van der Waals surface area contributed by atoms with Crippen LogP contribution in [0.1, 0.15) is 34.5 Å². The highest BCUT2D eigenvalue weighted by atomic mass is 32.1. The summed E-state index contributed by atoms with van der Waals surface area (Å²) in [5.74, 6) is -0.0102. The number of carbonyl (C=O) groups is 1. The van der Waals surface area contributed by atoms with Crippen LogP contribution in [0.15, 0.2) is 42.0 Å². The molecule has 4 rings (SSSR count). The summed E-state index contributed by atoms with van der Waals surface area (Å²) in [6, 6.07) is 10.4. The van der Waals surface area contributed by atoms with Crippen LogP contribution in [0.5, 0.6) is 0 Å². The SMILES string of the molecule is O=C(c1cncs1)N1CC[C@@]2(CCCN2Cc2ccccc2)[C@@H](O)C1. The molecular weight excluding hydrogens is 334 g/mol. The minimum Gasteiger partial charge on any atom is -0.389 e. The van der Waals surface area contributed by atoms with E-state index in [0.29, 0.717) is 18.0 Å². The number of amides is 1. The fourth-order valence-corrected chi connectivity index (χ4v) is 4.87. The van der Waals surface area contributed by atoms with Crippen molar-refractivity contribution in [1.29, 1.82) is 0 Å². The molecule has 2 fully saturated rings. The van der Waals surface area contributed by atoms with Crippen molar-refractivity contribution in [1.82, 2.24) is 14.8 Å². The lowest BCUT2D eigenvalue weighted by Crippen LogP contribution is -2.62. The van der Waals surface area contributed by atoms with Gasteiger partial charge in [-0.3, -0.25) is 14.7 Å². The molecular formula is C19H23N3O2S. The van der Waals surface area contributed by atoms with Gasteiger partial charge in [0, 0.05) is 19.6 Å². The third-order valence-corrected chi connectivity index (χ3v) is 6.40. The Kier molecular flexibility index (Phi) is 4.58. The Morgan fingerprint density at radius 1 is 1.28 bits per heavy atom. The topological polar surface area (TPSA) is 56.7 Å². The van der Waals surface area contributed by atoms with E-state index in [9.17, 15) is 9.90 Å². The highest BCUT2D eigenvalue weighted by Crippen LogP contribution is 2.40. The van der Waals surface area contributed by atoms with Crippen LogP contribution in [-0.4, -0.2) is 57.1 Å². The van der Waals surface area contributed by atoms with E-state index in [2.05, 4.69) is 34.1 Å². The van der Waals surface area contributed by atoms with Gasteiger partial charge < -0.3 is 10.0 Å². The van der Waals surface area contributed by atoms with Crippen molar-refractivity contribution in [2.24, 2.45) is 0 Å². The number of benzene rings is 1. The van der Waals surface area contributed by atoms with Crippen LogP contribution in [0.2, 0.25) is 0 Å². The zero-order valence-electron chi connectivity index (χ0n) is 14.2. The predicted molar refractivity (Wildman–Crippen MR) is 97.5 cm³/mol. The van der Waals surface area contributed by atoms with Crippen LogP contribution in [0.25, 0.3) is 0 Å². The highest BCUT2D eigenvalue weighted by Gasteiger charge is 2.49. The number of piperidine rings is 1. The van der Waals surface area contributed by atoms with E-state index in [4.69, 9.17) is 0 Å². The molecule has 1 aromatic carbocycles. The molecule has 2 saturated heterocycles. The average Bonchev–Trinajstić information content (AvgIpc) is 3.29. The number of aliphatic hydroxyl groups is 1. The molecule has 132 valence electrons. The second-order valence-electron chi connectivity index (χ2n) is 7.00. The van der Waals surface area contributed by atoms with Crippen molar-refractivity contribution in [2.75, 3.05) is 19.6 Å². The molecule has 1 N–H and O–H groups in total. The quantitative estimate of drug-likeness (QED) is 0.916. The van der Waals surface area contributed by atoms with Crippen LogP contribution >= 0.6 is 11.3 Å². The molecule has 1 spiro atoms. The van der Waals surface area contributed by atoms with Gasteiger partial charge in [0.25, 0.3) is 5.91 Å². The lowest BCUT2D eigenvalue weighted by atomic mass is 9.82. The fourth-order valence-electron chi connectivity index (χ4n) is 4.28. The first-order chi connectivity index (χ1) is 12.2. The molecule has 1 aromatic heterocycles. The third-order valence-electron chi connectivity index (χ3n) is 5.64. The number of hydrogen-bond donors (Lipinski definition) is 1. The Morgan fingerprint density at radius 3 is 2.84 bits per heavy atom. The van der Waals surface area contributed by atoms with Crippen molar-refractivity contribution < 1.29 is 9.90 Å². The van der Waals surface area contributed by atoms with Gasteiger partial charge in [-0.15, -0.1) is 11.3 Å². The number of aromatic nitrogens is 1. The highest BCUT2D eigenvalue weighted by molar-refractivity contribution is 7.11. The maximum Gasteiger partial charge on any atom is 0.265 e. The smallest absolute Gasteiger partial charge is 0.265 e. The van der Waals surface area contributed by atoms with E-state index in [1.165, 1.54) is 16.9 Å². The number of rotatable bonds is 3. The lowest BCUT2D eigenvalue weighted by molar-refractivity contribution is -0.0595. The van der Waals surface area contributed by atoms with Gasteiger partial charge in [-0.1, -0.05) is 30.3 Å². The van der Waals surface area contributed by atoms with Crippen molar-refractivity contribution in [3.63, 3.8) is 0 Å². The summed E-state index contributed by atoms with van der Waals surface area (Å²) >= 11 is 1.36. The summed E-state index contributed by atoms with van der Waals surface area (Å²) in [7, 11) is 0. The van der Waals surface area contributed by atoms with E-state index in [1.54, 1.807) is 16.6 Å². The zero-order valence-corrected chi connectivity index (χ0v) is 15.0. The zero-order chi connectivity index (χ0) is 17.3. The number of likely N-dealkylation sites (tertiary alicyclic amines) is 2. The van der Waals surface area contributed by atoms with Gasteiger partial charge in [-0.2, -0.15) is 0 Å². The summed E-state index contributed by atoms with van der Waals surface area (Å²) in [6.45, 7) is 2.97. The van der Waals surface area contributed by atoms with Crippen LogP contribution in [0, 0.1) is 0 Å². The summed E-state index contributed by atoms with van der Waals surface area (Å²) in [5, 5.41) is 11.0. The molecule has 2 aromatic rings. The van der Waals surface area contributed by atoms with Crippen LogP contribution in [-0.2, 0) is 6.54 Å². The molecule has 2 aliphatic heterocycles. The summed E-state index contributed by atoms with van der Waals surface area (Å²) < 4.78 is 0. The van der Waals surface area contributed by atoms with E-state index in [1.807, 2.05) is 6.07 Å². The first-order valence-corrected chi connectivity index (χ1v) is 9.72. The van der Waals surface area contributed by atoms with Crippen molar-refractivity contribution >= 4 is 17.2 Å². The van der Waals surface area contributed by atoms with Gasteiger partial charge in [-0.25, -0.2) is 0 Å². The van der Waals surface area contributed by atoms with E-state index >= 15 is 0 Å². The van der Waals surface area contributed by atoms with E-state index in [-0.39, 0.29) is 11.4 Å². The normalized spacial score (nSPS) is 27.1. The van der Waals surface area contributed by atoms with Crippen molar-refractivity contribution in [3.05, 3.63) is 52.5 Å². The second-order valence-corrected chi connectivity index (χ2v) is 7.88. The molecule has 5 nitrogen and oxygen atoms in total. The van der Waals surface area contributed by atoms with Gasteiger partial charge >= 0.3 is 0 Å². The molecule has 0 unspecified atom stereocenters. The molecule has 0 radical (unpaired) electrons. The first-order valence-electron chi connectivity index (χ1n) is 8.84. The molecule has 1 amide bonds. The Hall–Kier alpha value is -1.76. The second kappa shape index (κ2) is 6.86. The number of β-amino-alcohol motifs (C(OH)–C–C–N with tert-alkyl or cyclic N) is 1. The maximum absolute atomic E-state index is 12.6. The molecule has 3 heterocycles. The van der Waals surface area contributed by atoms with Crippen molar-refractivity contribution in [2.45, 2.75) is 37.5 Å². The predicted octanol–water partition coefficient (Wildman–Crippen LogP) is 2.38. The molecule has 0 aliphatic carbocycles. The Labute approximate surface area is 151 Å². The first kappa shape index (κ1) is 16.7. The van der Waals surface area contributed by atoms with Crippen LogP contribution in [0.3, 0.4) is 0 Å². The molecule has 2 atom stereocenters. The monoisotopic (exact) mass is 357 g/mol. The third kappa shape index (κ3) is 3.10. The van der Waals surface area contributed by atoms with Gasteiger partial charge in [0.1, 0.15) is 4.88 Å². The van der Waals surface area contributed by atoms with E-state index < -0.39 is 6.10 Å². The number of thiazole rings is 1. The van der Waals surface area contributed by atoms with E-state index in [0.717, 1.165) is 32.4 Å². The van der Waals surface area contributed by atoms with Gasteiger partial charge in [-0.05, 0) is 31.4 Å². The molecule has 2 aliphatic rings. The number of nitrogens with zero attached hydrogens (tertiary/aromatic N) is 3. The van der Waals surface area contributed by atoms with Crippen LogP contribution < -0.4 is 0 Å². The largest absolute Gasteiger partial charge is 0.389 e. The fraction of sp³-hybridized carbons (Fsp3) is 0.474. The standard InChI is InChI=1S/C19H23N3O2S/c23-17-13-21(18(24)16-11-20-14-25-16)10-8-19(17)7-4-9-22(19)12-15-5-2-1-3-6-15/h1-3,5-6,11,14,17,23H,4,7-10,12-13H2/t17-,19-/m0/s1. The number of aliphatic hydroxyl groups excluding tert-OH is 1. The molecule has 0 bridgehead atoms. The maximum atomic E-state index is 12.6. The van der Waals surface area contributed by atoms with Gasteiger partial charge in [0.05, 0.1) is 23.4 Å². The minimum atomic E-state index is -0.510. The summed E-state index contributed by atoms with van der Waals surface area (Å²) in [6.07, 6.45) is 4.03. The average molecular weight is 357 g/mol. The number of carbonyl (C=O) groups excluding carboxylic acids is 1. The molecule has 25 heavy (non-hydrogen) atoms. The van der Waals surface area contributed by atoms with Gasteiger partial charge in [0.2, 0.25) is 0 Å². The van der Waals surface area contributed by atoms with Crippen molar-refractivity contribution in [3.8, 4) is 0 Å². The Balaban J connectivity index is 1.48. The molecule has 0 saturated carbocycles. The number of hydrogen-bond acceptors (Lipinski definition) is 5. The molecule has 6 heteroatoms. The summed E-state index contributed by atoms with van der Waals surface area (Å²) in [5.41, 5.74) is 2.76.